The van der Waals surface area contributed by atoms with Gasteiger partial charge in [0.15, 0.2) is 0 Å². The van der Waals surface area contributed by atoms with Gasteiger partial charge in [0.2, 0.25) is 5.91 Å². The average molecular weight is 591 g/mol. The maximum Gasteiger partial charge on any atom is 0.490 e. The molecule has 224 valence electrons. The maximum absolute atomic E-state index is 12.4. The fraction of sp³-hybridized carbons (Fsp3) is 0.250. The van der Waals surface area contributed by atoms with Crippen LogP contribution in [0.1, 0.15) is 24.9 Å². The average Bonchev–Trinajstić information content (AvgIpc) is 2.95. The minimum Gasteiger partial charge on any atom is -0.481 e. The summed E-state index contributed by atoms with van der Waals surface area (Å²) in [7, 11) is 0. The number of pyridine rings is 1. The van der Waals surface area contributed by atoms with Gasteiger partial charge in [-0.25, -0.2) is 14.6 Å². The van der Waals surface area contributed by atoms with Gasteiger partial charge in [-0.1, -0.05) is 60.7 Å². The zero-order chi connectivity index (χ0) is 31.1. The molecule has 14 heteroatoms. The monoisotopic (exact) mass is 590 g/mol. The number of nitrogens with zero attached hydrogens (tertiary/aromatic N) is 1. The molecule has 3 rings (SSSR count). The van der Waals surface area contributed by atoms with E-state index in [9.17, 15) is 32.7 Å². The van der Waals surface area contributed by atoms with E-state index in [1.54, 1.807) is 37.4 Å². The van der Waals surface area contributed by atoms with E-state index in [0.29, 0.717) is 17.9 Å². The molecular formula is C28H29F3N4O7. The summed E-state index contributed by atoms with van der Waals surface area (Å²) in [4.78, 5) is 48.8. The van der Waals surface area contributed by atoms with Crippen molar-refractivity contribution in [3.63, 3.8) is 0 Å². The number of alkyl halides is 3. The standard InChI is InChI=1S/C26H28N4O5.C2HF3O2/c1-18(16-28-23-9-5-6-14-27-23)35-26(34)29-17-24(31)30-22(15-25(32)33)21-12-10-20(11-13-21)19-7-3-2-4-8-19;3-2(4,5)1(6)7/h2-14,18,22H,15-17H2,1H3,(H,27,28)(H,29,34)(H,30,31)(H,32,33);(H,6,7). The van der Waals surface area contributed by atoms with E-state index >= 15 is 0 Å². The van der Waals surface area contributed by atoms with Crippen molar-refractivity contribution in [2.24, 2.45) is 0 Å². The second-order valence-corrected chi connectivity index (χ2v) is 8.67. The van der Waals surface area contributed by atoms with Gasteiger partial charge < -0.3 is 30.9 Å². The number of nitrogens with one attached hydrogen (secondary N) is 3. The predicted molar refractivity (Wildman–Crippen MR) is 145 cm³/mol. The van der Waals surface area contributed by atoms with E-state index in [2.05, 4.69) is 20.9 Å². The van der Waals surface area contributed by atoms with E-state index in [1.807, 2.05) is 48.5 Å². The number of carbonyl (C=O) groups is 4. The Bertz CT molecular complexity index is 1310. The molecule has 0 saturated carbocycles. The number of hydrogen-bond donors (Lipinski definition) is 5. The van der Waals surface area contributed by atoms with Crippen LogP contribution in [0, 0.1) is 0 Å². The molecule has 0 bridgehead atoms. The highest BCUT2D eigenvalue weighted by Gasteiger charge is 2.38. The number of benzene rings is 2. The Kier molecular flexibility index (Phi) is 12.8. The van der Waals surface area contributed by atoms with Gasteiger partial charge >= 0.3 is 24.2 Å². The maximum atomic E-state index is 12.4. The van der Waals surface area contributed by atoms with E-state index in [0.717, 1.165) is 11.1 Å². The molecule has 0 spiro atoms. The summed E-state index contributed by atoms with van der Waals surface area (Å²) in [5.41, 5.74) is 2.66. The third kappa shape index (κ3) is 12.4. The molecule has 11 nitrogen and oxygen atoms in total. The number of amides is 2. The number of halogens is 3. The summed E-state index contributed by atoms with van der Waals surface area (Å²) in [6, 6.07) is 21.8. The van der Waals surface area contributed by atoms with Crippen LogP contribution in [0.4, 0.5) is 23.8 Å². The van der Waals surface area contributed by atoms with Gasteiger partial charge in [0.25, 0.3) is 0 Å². The number of alkyl carbamates (subject to hydrolysis) is 1. The molecule has 42 heavy (non-hydrogen) atoms. The molecule has 0 aliphatic carbocycles. The minimum atomic E-state index is -5.08. The fourth-order valence-electron chi connectivity index (χ4n) is 3.34. The normalized spacial score (nSPS) is 12.0. The lowest BCUT2D eigenvalue weighted by Gasteiger charge is -2.19. The van der Waals surface area contributed by atoms with Crippen molar-refractivity contribution >= 4 is 29.8 Å². The zero-order valence-electron chi connectivity index (χ0n) is 22.3. The molecule has 5 N–H and O–H groups in total. The van der Waals surface area contributed by atoms with Crippen LogP contribution in [0.5, 0.6) is 0 Å². The van der Waals surface area contributed by atoms with E-state index in [1.165, 1.54) is 0 Å². The molecule has 0 saturated heterocycles. The third-order valence-corrected chi connectivity index (χ3v) is 5.31. The Hall–Kier alpha value is -5.14. The largest absolute Gasteiger partial charge is 0.490 e. The molecule has 0 aliphatic heterocycles. The predicted octanol–water partition coefficient (Wildman–Crippen LogP) is 4.24. The van der Waals surface area contributed by atoms with E-state index in [4.69, 9.17) is 14.6 Å². The van der Waals surface area contributed by atoms with Gasteiger partial charge in [-0.3, -0.25) is 9.59 Å². The first-order valence-electron chi connectivity index (χ1n) is 12.4. The molecule has 0 aliphatic rings. The number of rotatable bonds is 11. The first kappa shape index (κ1) is 33.1. The molecule has 2 unspecified atom stereocenters. The van der Waals surface area contributed by atoms with Crippen molar-refractivity contribution in [1.82, 2.24) is 15.6 Å². The van der Waals surface area contributed by atoms with Gasteiger partial charge in [-0.05, 0) is 35.7 Å². The fourth-order valence-corrected chi connectivity index (χ4v) is 3.34. The lowest BCUT2D eigenvalue weighted by Crippen LogP contribution is -2.40. The minimum absolute atomic E-state index is 0.295. The number of carbonyl (C=O) groups excluding carboxylic acids is 2. The molecule has 3 aromatic rings. The van der Waals surface area contributed by atoms with Crippen LogP contribution in [0.25, 0.3) is 11.1 Å². The van der Waals surface area contributed by atoms with Crippen molar-refractivity contribution < 1.29 is 47.3 Å². The first-order chi connectivity index (χ1) is 19.8. The summed E-state index contributed by atoms with van der Waals surface area (Å²) < 4.78 is 37.0. The van der Waals surface area contributed by atoms with Crippen LogP contribution in [0.3, 0.4) is 0 Å². The Balaban J connectivity index is 0.000000782. The molecule has 1 heterocycles. The van der Waals surface area contributed by atoms with Gasteiger partial charge in [0.05, 0.1) is 19.0 Å². The highest BCUT2D eigenvalue weighted by atomic mass is 19.4. The molecule has 0 fully saturated rings. The number of aromatic nitrogens is 1. The lowest BCUT2D eigenvalue weighted by molar-refractivity contribution is -0.192. The molecule has 2 aromatic carbocycles. The van der Waals surface area contributed by atoms with Gasteiger partial charge in [-0.2, -0.15) is 13.2 Å². The summed E-state index contributed by atoms with van der Waals surface area (Å²) in [5, 5.41) is 24.5. The molecule has 2 atom stereocenters. The third-order valence-electron chi connectivity index (χ3n) is 5.31. The lowest BCUT2D eigenvalue weighted by atomic mass is 9.99. The van der Waals surface area contributed by atoms with Crippen LogP contribution < -0.4 is 16.0 Å². The Morgan fingerprint density at radius 3 is 2.05 bits per heavy atom. The van der Waals surface area contributed by atoms with Crippen LogP contribution in [-0.4, -0.2) is 64.5 Å². The Morgan fingerprint density at radius 2 is 1.50 bits per heavy atom. The highest BCUT2D eigenvalue weighted by molar-refractivity contribution is 5.83. The van der Waals surface area contributed by atoms with Crippen molar-refractivity contribution in [1.29, 1.82) is 0 Å². The van der Waals surface area contributed by atoms with Crippen molar-refractivity contribution in [3.8, 4) is 11.1 Å². The van der Waals surface area contributed by atoms with Crippen LogP contribution in [0.15, 0.2) is 79.0 Å². The van der Waals surface area contributed by atoms with Crippen molar-refractivity contribution in [3.05, 3.63) is 84.6 Å². The number of carboxylic acid groups (broad SMARTS) is 2. The van der Waals surface area contributed by atoms with Gasteiger partial charge in [0, 0.05) is 6.20 Å². The number of carboxylic acids is 2. The quantitative estimate of drug-likeness (QED) is 0.219. The van der Waals surface area contributed by atoms with E-state index < -0.39 is 42.3 Å². The van der Waals surface area contributed by atoms with Crippen LogP contribution in [0.2, 0.25) is 0 Å². The number of anilines is 1. The first-order valence-corrected chi connectivity index (χ1v) is 12.4. The SMILES string of the molecule is CC(CNc1ccccn1)OC(=O)NCC(=O)NC(CC(=O)O)c1ccc(-c2ccccc2)cc1.O=C(O)C(F)(F)F. The smallest absolute Gasteiger partial charge is 0.481 e. The van der Waals surface area contributed by atoms with Crippen LogP contribution >= 0.6 is 0 Å². The summed E-state index contributed by atoms with van der Waals surface area (Å²) >= 11 is 0. The number of ether oxygens (including phenoxy) is 1. The number of hydrogen-bond acceptors (Lipinski definition) is 7. The Morgan fingerprint density at radius 1 is 0.905 bits per heavy atom. The molecule has 2 amide bonds. The zero-order valence-corrected chi connectivity index (χ0v) is 22.3. The summed E-state index contributed by atoms with van der Waals surface area (Å²) in [5.74, 6) is -3.68. The summed E-state index contributed by atoms with van der Waals surface area (Å²) in [6.45, 7) is 1.70. The van der Waals surface area contributed by atoms with Crippen molar-refractivity contribution in [2.75, 3.05) is 18.4 Å². The topological polar surface area (TPSA) is 167 Å². The van der Waals surface area contributed by atoms with E-state index in [-0.39, 0.29) is 13.0 Å². The van der Waals surface area contributed by atoms with Gasteiger partial charge in [-0.15, -0.1) is 0 Å². The molecule has 0 radical (unpaired) electrons. The molecular weight excluding hydrogens is 561 g/mol. The Labute approximate surface area is 238 Å². The highest BCUT2D eigenvalue weighted by Crippen LogP contribution is 2.23. The number of aliphatic carboxylic acids is 2. The van der Waals surface area contributed by atoms with Crippen molar-refractivity contribution in [2.45, 2.75) is 31.7 Å². The van der Waals surface area contributed by atoms with Crippen LogP contribution in [-0.2, 0) is 19.1 Å². The molecule has 1 aromatic heterocycles. The summed E-state index contributed by atoms with van der Waals surface area (Å²) in [6.07, 6.45) is -4.95. The van der Waals surface area contributed by atoms with Gasteiger partial charge in [0.1, 0.15) is 18.5 Å². The second-order valence-electron chi connectivity index (χ2n) is 8.67. The second kappa shape index (κ2) is 16.2.